The minimum Gasteiger partial charge on any atom is -0.490 e. The highest BCUT2D eigenvalue weighted by Crippen LogP contribution is 2.47. The molecule has 0 aromatic heterocycles. The molecular formula is C14H20NO3+. The van der Waals surface area contributed by atoms with Crippen LogP contribution in [0.2, 0.25) is 0 Å². The largest absolute Gasteiger partial charge is 0.490 e. The van der Waals surface area contributed by atoms with E-state index in [-0.39, 0.29) is 12.2 Å². The van der Waals surface area contributed by atoms with Crippen LogP contribution in [0.15, 0.2) is 12.1 Å². The molecule has 1 heterocycles. The van der Waals surface area contributed by atoms with E-state index in [0.717, 1.165) is 15.9 Å². The second-order valence-electron chi connectivity index (χ2n) is 5.08. The predicted molar refractivity (Wildman–Crippen MR) is 69.6 cm³/mol. The molecule has 1 aromatic rings. The van der Waals surface area contributed by atoms with Gasteiger partial charge in [0, 0.05) is 21.3 Å². The highest BCUT2D eigenvalue weighted by atomic mass is 16.6. The molecular weight excluding hydrogens is 230 g/mol. The maximum Gasteiger partial charge on any atom is 0.297 e. The molecule has 1 aliphatic rings. The van der Waals surface area contributed by atoms with Crippen LogP contribution in [-0.2, 0) is 4.74 Å². The topological polar surface area (TPSA) is 41.8 Å². The van der Waals surface area contributed by atoms with E-state index in [4.69, 9.17) is 9.47 Å². The first-order valence-electron chi connectivity index (χ1n) is 6.23. The smallest absolute Gasteiger partial charge is 0.297 e. The van der Waals surface area contributed by atoms with Gasteiger partial charge in [-0.1, -0.05) is 13.8 Å². The Morgan fingerprint density at radius 3 is 2.39 bits per heavy atom. The van der Waals surface area contributed by atoms with Crippen molar-refractivity contribution in [1.82, 2.24) is 0 Å². The van der Waals surface area contributed by atoms with Gasteiger partial charge in [-0.2, -0.15) is 0 Å². The number of benzene rings is 1. The van der Waals surface area contributed by atoms with Crippen molar-refractivity contribution in [2.24, 2.45) is 0 Å². The molecule has 0 bridgehead atoms. The van der Waals surface area contributed by atoms with Crippen LogP contribution in [0.25, 0.3) is 0 Å². The Hall–Kier alpha value is -1.42. The number of hydrogen-bond acceptors (Lipinski definition) is 3. The van der Waals surface area contributed by atoms with Gasteiger partial charge in [0.15, 0.2) is 7.05 Å². The van der Waals surface area contributed by atoms with Crippen LogP contribution in [-0.4, -0.2) is 25.0 Å². The molecule has 2 atom stereocenters. The van der Waals surface area contributed by atoms with Gasteiger partial charge in [0.2, 0.25) is 5.75 Å². The molecule has 98 valence electrons. The van der Waals surface area contributed by atoms with Crippen LogP contribution in [0.4, 0.5) is 5.69 Å². The van der Waals surface area contributed by atoms with Crippen molar-refractivity contribution in [2.75, 3.05) is 14.2 Å². The van der Waals surface area contributed by atoms with Gasteiger partial charge in [-0.25, -0.2) is 0 Å². The fraction of sp³-hybridized carbons (Fsp3) is 0.571. The van der Waals surface area contributed by atoms with E-state index < -0.39 is 0 Å². The van der Waals surface area contributed by atoms with Gasteiger partial charge in [0.05, 0.1) is 13.2 Å². The Labute approximate surface area is 107 Å². The summed E-state index contributed by atoms with van der Waals surface area (Å²) < 4.78 is 11.8. The van der Waals surface area contributed by atoms with Gasteiger partial charge < -0.3 is 9.47 Å². The Kier molecular flexibility index (Phi) is 3.39. The maximum atomic E-state index is 11.7. The lowest BCUT2D eigenvalue weighted by Crippen LogP contribution is -2.02. The summed E-state index contributed by atoms with van der Waals surface area (Å²) in [6, 6.07) is 3.98. The van der Waals surface area contributed by atoms with Crippen molar-refractivity contribution < 1.29 is 14.2 Å². The van der Waals surface area contributed by atoms with Crippen molar-refractivity contribution in [1.29, 1.82) is 0 Å². The van der Waals surface area contributed by atoms with E-state index in [1.807, 2.05) is 13.0 Å². The highest BCUT2D eigenvalue weighted by Gasteiger charge is 2.40. The highest BCUT2D eigenvalue weighted by molar-refractivity contribution is 5.56. The van der Waals surface area contributed by atoms with Crippen LogP contribution < -0.4 is 4.74 Å². The third kappa shape index (κ3) is 2.25. The zero-order valence-corrected chi connectivity index (χ0v) is 11.6. The summed E-state index contributed by atoms with van der Waals surface area (Å²) in [5, 5.41) is 0. The van der Waals surface area contributed by atoms with Gasteiger partial charge in [0.25, 0.3) is 5.69 Å². The summed E-state index contributed by atoms with van der Waals surface area (Å²) in [7, 11) is 3.08. The zero-order chi connectivity index (χ0) is 13.4. The Morgan fingerprint density at radius 1 is 1.39 bits per heavy atom. The molecule has 4 nitrogen and oxygen atoms in total. The monoisotopic (exact) mass is 250 g/mol. The molecule has 1 fully saturated rings. The SMILES string of the molecule is COc1c(C2OC2C)cc(C(C)C)cc1[N+](C)=O. The average molecular weight is 250 g/mol. The lowest BCUT2D eigenvalue weighted by atomic mass is 9.97. The third-order valence-electron chi connectivity index (χ3n) is 3.35. The molecule has 0 radical (unpaired) electrons. The number of rotatable bonds is 4. The number of ether oxygens (including phenoxy) is 2. The van der Waals surface area contributed by atoms with E-state index in [1.165, 1.54) is 7.05 Å². The van der Waals surface area contributed by atoms with Gasteiger partial charge in [0.1, 0.15) is 6.10 Å². The molecule has 1 aliphatic heterocycles. The van der Waals surface area contributed by atoms with Crippen molar-refractivity contribution in [3.63, 3.8) is 0 Å². The van der Waals surface area contributed by atoms with Crippen LogP contribution in [0, 0.1) is 4.91 Å². The number of nitrogens with zero attached hydrogens (tertiary/aromatic N) is 1. The summed E-state index contributed by atoms with van der Waals surface area (Å²) in [6.45, 7) is 6.24. The van der Waals surface area contributed by atoms with Crippen LogP contribution >= 0.6 is 0 Å². The average Bonchev–Trinajstić information content (AvgIpc) is 3.04. The molecule has 0 saturated carbocycles. The summed E-state index contributed by atoms with van der Waals surface area (Å²) in [5.41, 5.74) is 2.68. The first kappa shape index (κ1) is 13.0. The lowest BCUT2D eigenvalue weighted by molar-refractivity contribution is -0.429. The number of methoxy groups -OCH3 is 1. The number of nitroso groups, excluding NO2 is 1. The third-order valence-corrected chi connectivity index (χ3v) is 3.35. The van der Waals surface area contributed by atoms with E-state index in [0.29, 0.717) is 17.4 Å². The minimum atomic E-state index is 0.0531. The summed E-state index contributed by atoms with van der Waals surface area (Å²) >= 11 is 0. The first-order valence-corrected chi connectivity index (χ1v) is 6.23. The molecule has 4 heteroatoms. The van der Waals surface area contributed by atoms with Crippen molar-refractivity contribution in [3.05, 3.63) is 28.2 Å². The van der Waals surface area contributed by atoms with E-state index in [9.17, 15) is 4.91 Å². The normalized spacial score (nSPS) is 22.1. The lowest BCUT2D eigenvalue weighted by Gasteiger charge is -2.11. The Morgan fingerprint density at radius 2 is 2.00 bits per heavy atom. The number of epoxide rings is 1. The van der Waals surface area contributed by atoms with Gasteiger partial charge >= 0.3 is 0 Å². The van der Waals surface area contributed by atoms with E-state index in [1.54, 1.807) is 7.11 Å². The van der Waals surface area contributed by atoms with Gasteiger partial charge in [-0.3, -0.25) is 0 Å². The molecule has 0 N–H and O–H groups in total. The molecule has 0 amide bonds. The van der Waals surface area contributed by atoms with E-state index in [2.05, 4.69) is 19.9 Å². The number of hydrogen-bond donors (Lipinski definition) is 0. The Bertz CT molecular complexity index is 482. The fourth-order valence-electron chi connectivity index (χ4n) is 2.17. The molecule has 0 aliphatic carbocycles. The summed E-state index contributed by atoms with van der Waals surface area (Å²) in [6.07, 6.45) is 0.253. The minimum absolute atomic E-state index is 0.0531. The predicted octanol–water partition coefficient (Wildman–Crippen LogP) is 3.32. The second-order valence-corrected chi connectivity index (χ2v) is 5.08. The summed E-state index contributed by atoms with van der Waals surface area (Å²) in [5.74, 6) is 0.994. The van der Waals surface area contributed by atoms with Gasteiger partial charge in [-0.15, -0.1) is 0 Å². The Balaban J connectivity index is 2.58. The van der Waals surface area contributed by atoms with Crippen molar-refractivity contribution in [2.45, 2.75) is 38.9 Å². The van der Waals surface area contributed by atoms with Crippen LogP contribution in [0.3, 0.4) is 0 Å². The molecule has 1 aromatic carbocycles. The maximum absolute atomic E-state index is 11.7. The quantitative estimate of drug-likeness (QED) is 0.608. The zero-order valence-electron chi connectivity index (χ0n) is 11.6. The fourth-order valence-corrected chi connectivity index (χ4v) is 2.17. The van der Waals surface area contributed by atoms with Gasteiger partial charge in [-0.05, 0) is 24.5 Å². The first-order chi connectivity index (χ1) is 8.45. The van der Waals surface area contributed by atoms with Crippen LogP contribution in [0.5, 0.6) is 5.75 Å². The standard InChI is InChI=1S/C14H20NO3/c1-8(2)10-6-11(13-9(3)18-13)14(17-5)12(7-10)15(4)16/h6-9,13H,1-5H3/q+1. The molecule has 2 unspecified atom stereocenters. The van der Waals surface area contributed by atoms with Crippen LogP contribution in [0.1, 0.15) is 43.9 Å². The molecule has 18 heavy (non-hydrogen) atoms. The summed E-state index contributed by atoms with van der Waals surface area (Å²) in [4.78, 5) is 11.7. The molecule has 2 rings (SSSR count). The molecule has 1 saturated heterocycles. The second kappa shape index (κ2) is 4.69. The van der Waals surface area contributed by atoms with Crippen molar-refractivity contribution >= 4 is 5.69 Å². The van der Waals surface area contributed by atoms with Crippen molar-refractivity contribution in [3.8, 4) is 5.75 Å². The van der Waals surface area contributed by atoms with E-state index >= 15 is 0 Å². The molecule has 0 spiro atoms.